The first-order valence-electron chi connectivity index (χ1n) is 16.8. The summed E-state index contributed by atoms with van der Waals surface area (Å²) in [7, 11) is -4.25. The van der Waals surface area contributed by atoms with Crippen LogP contribution in [0.2, 0.25) is 36.3 Å². The van der Waals surface area contributed by atoms with Crippen LogP contribution in [0, 0.1) is 10.1 Å². The van der Waals surface area contributed by atoms with Crippen LogP contribution in [0.15, 0.2) is 36.9 Å². The number of fused-ring (bicyclic) bond motifs is 1. The summed E-state index contributed by atoms with van der Waals surface area (Å²) >= 11 is 0. The molecule has 3 aromatic rings. The third-order valence-electron chi connectivity index (χ3n) is 9.88. The third-order valence-corrected chi connectivity index (χ3v) is 18.9. The van der Waals surface area contributed by atoms with Gasteiger partial charge < -0.3 is 18.3 Å². The number of nitrogens with zero attached hydrogens (tertiary/aromatic N) is 6. The molecule has 15 heteroatoms. The number of aromatic nitrogens is 4. The molecule has 49 heavy (non-hydrogen) atoms. The average Bonchev–Trinajstić information content (AvgIpc) is 3.56. The van der Waals surface area contributed by atoms with E-state index in [-0.39, 0.29) is 40.3 Å². The number of imidazole rings is 1. The molecule has 1 amide bonds. The number of rotatable bonds is 10. The van der Waals surface area contributed by atoms with Gasteiger partial charge in [0.25, 0.3) is 5.69 Å². The van der Waals surface area contributed by atoms with E-state index in [0.29, 0.717) is 29.8 Å². The van der Waals surface area contributed by atoms with Gasteiger partial charge in [0.1, 0.15) is 24.3 Å². The Morgan fingerprint density at radius 3 is 2.22 bits per heavy atom. The normalized spacial score (nSPS) is 19.3. The molecular weight excluding hydrogens is 661 g/mol. The van der Waals surface area contributed by atoms with Crippen molar-refractivity contribution in [3.63, 3.8) is 0 Å². The molecule has 270 valence electrons. The minimum Gasteiger partial charge on any atom is -0.443 e. The molecule has 1 saturated heterocycles. The molecule has 0 spiro atoms. The predicted molar refractivity (Wildman–Crippen MR) is 195 cm³/mol. The van der Waals surface area contributed by atoms with Crippen molar-refractivity contribution in [2.24, 2.45) is 0 Å². The summed E-state index contributed by atoms with van der Waals surface area (Å²) in [5.74, 6) is 0.168. The van der Waals surface area contributed by atoms with Crippen LogP contribution in [0.4, 0.5) is 16.3 Å². The number of anilines is 1. The van der Waals surface area contributed by atoms with Gasteiger partial charge in [0.05, 0.1) is 30.5 Å². The molecule has 1 aliphatic heterocycles. The van der Waals surface area contributed by atoms with Crippen molar-refractivity contribution in [3.8, 4) is 0 Å². The SMILES string of the molecule is CC(C)(C)OC(=O)N(Cc1ccccc1[N+](=O)[O-])c1ncnc2c1ncn2[C@H]1C[C@H](O[Si](C)(C)C(C)(C)C)[C@@H](CO[Si](C)(C)C(C)(C)C)O1. The molecule has 1 aliphatic rings. The number of hydrogen-bond acceptors (Lipinski definition) is 10. The Hall–Kier alpha value is -3.25. The molecule has 13 nitrogen and oxygen atoms in total. The fourth-order valence-corrected chi connectivity index (χ4v) is 7.36. The van der Waals surface area contributed by atoms with Gasteiger partial charge in [0.2, 0.25) is 0 Å². The second-order valence-corrected chi connectivity index (χ2v) is 26.4. The zero-order valence-corrected chi connectivity index (χ0v) is 33.4. The second kappa shape index (κ2) is 13.8. The molecule has 1 aromatic carbocycles. The molecule has 3 atom stereocenters. The molecule has 0 aliphatic carbocycles. The average molecular weight is 715 g/mol. The Morgan fingerprint density at radius 2 is 1.63 bits per heavy atom. The summed E-state index contributed by atoms with van der Waals surface area (Å²) < 4.78 is 27.9. The first kappa shape index (κ1) is 38.6. The van der Waals surface area contributed by atoms with Crippen LogP contribution in [-0.2, 0) is 24.9 Å². The maximum Gasteiger partial charge on any atom is 0.416 e. The van der Waals surface area contributed by atoms with Crippen LogP contribution < -0.4 is 4.90 Å². The number of carbonyl (C=O) groups excluding carboxylic acids is 1. The van der Waals surface area contributed by atoms with E-state index in [2.05, 4.69) is 82.7 Å². The van der Waals surface area contributed by atoms with Gasteiger partial charge in [-0.15, -0.1) is 0 Å². The van der Waals surface area contributed by atoms with E-state index in [1.165, 1.54) is 17.3 Å². The van der Waals surface area contributed by atoms with Gasteiger partial charge >= 0.3 is 6.09 Å². The number of amides is 1. The van der Waals surface area contributed by atoms with Gasteiger partial charge in [-0.3, -0.25) is 19.6 Å². The zero-order chi connectivity index (χ0) is 36.7. The van der Waals surface area contributed by atoms with E-state index in [0.717, 1.165) is 0 Å². The largest absolute Gasteiger partial charge is 0.443 e. The standard InChI is InChI=1S/C34H54N6O7Si2/c1-32(2,3)46-31(41)38(19-23-16-14-15-17-24(23)40(42)43)29-28-30(36-21-35-29)39(22-37-28)27-18-25(47-49(12,13)34(7,8)9)26(45-27)20-44-48(10,11)33(4,5)6/h14-17,21-22,25-27H,18-20H2,1-13H3/t25-,26+,27+/m0/s1. The maximum atomic E-state index is 13.7. The van der Waals surface area contributed by atoms with Gasteiger partial charge in [0, 0.05) is 18.1 Å². The van der Waals surface area contributed by atoms with Gasteiger partial charge in [-0.1, -0.05) is 59.7 Å². The first-order chi connectivity index (χ1) is 22.4. The van der Waals surface area contributed by atoms with Crippen LogP contribution in [-0.4, -0.2) is 71.6 Å². The fourth-order valence-electron chi connectivity index (χ4n) is 4.99. The highest BCUT2D eigenvalue weighted by molar-refractivity contribution is 6.74. The van der Waals surface area contributed by atoms with Crippen molar-refractivity contribution >= 4 is 45.4 Å². The highest BCUT2D eigenvalue weighted by Crippen LogP contribution is 2.43. The molecule has 1 fully saturated rings. The summed E-state index contributed by atoms with van der Waals surface area (Å²) in [5, 5.41) is 11.9. The Labute approximate surface area is 292 Å². The van der Waals surface area contributed by atoms with E-state index >= 15 is 0 Å². The van der Waals surface area contributed by atoms with Crippen molar-refractivity contribution in [1.29, 1.82) is 0 Å². The molecular formula is C34H54N6O7Si2. The van der Waals surface area contributed by atoms with Crippen molar-refractivity contribution in [3.05, 3.63) is 52.6 Å². The number of nitro benzene ring substituents is 1. The van der Waals surface area contributed by atoms with Crippen molar-refractivity contribution in [1.82, 2.24) is 19.5 Å². The number of carbonyl (C=O) groups is 1. The van der Waals surface area contributed by atoms with Crippen molar-refractivity contribution in [2.45, 2.75) is 136 Å². The molecule has 0 saturated carbocycles. The summed E-state index contributed by atoms with van der Waals surface area (Å²) in [6, 6.07) is 6.27. The second-order valence-electron chi connectivity index (χ2n) is 16.8. The van der Waals surface area contributed by atoms with Gasteiger partial charge in [-0.2, -0.15) is 0 Å². The molecule has 0 unspecified atom stereocenters. The van der Waals surface area contributed by atoms with E-state index in [4.69, 9.17) is 18.3 Å². The van der Waals surface area contributed by atoms with E-state index < -0.39 is 39.5 Å². The number of ether oxygens (including phenoxy) is 2. The quantitative estimate of drug-likeness (QED) is 0.114. The van der Waals surface area contributed by atoms with Gasteiger partial charge in [0.15, 0.2) is 33.6 Å². The Morgan fingerprint density at radius 1 is 1.00 bits per heavy atom. The van der Waals surface area contributed by atoms with Crippen LogP contribution in [0.3, 0.4) is 0 Å². The highest BCUT2D eigenvalue weighted by Gasteiger charge is 2.47. The Kier molecular flexibility index (Phi) is 10.9. The first-order valence-corrected chi connectivity index (χ1v) is 22.6. The lowest BCUT2D eigenvalue weighted by molar-refractivity contribution is -0.385. The molecule has 0 bridgehead atoms. The lowest BCUT2D eigenvalue weighted by Crippen LogP contribution is -2.48. The molecule has 4 rings (SSSR count). The maximum absolute atomic E-state index is 13.7. The van der Waals surface area contributed by atoms with Crippen molar-refractivity contribution < 1.29 is 28.0 Å². The smallest absolute Gasteiger partial charge is 0.416 e. The van der Waals surface area contributed by atoms with Crippen LogP contribution in [0.5, 0.6) is 0 Å². The topological polar surface area (TPSA) is 144 Å². The van der Waals surface area contributed by atoms with E-state index in [1.807, 2.05) is 4.57 Å². The molecule has 2 aromatic heterocycles. The molecule has 0 radical (unpaired) electrons. The predicted octanol–water partition coefficient (Wildman–Crippen LogP) is 8.38. The highest BCUT2D eigenvalue weighted by atomic mass is 28.4. The Bertz CT molecular complexity index is 1660. The number of hydrogen-bond donors (Lipinski definition) is 0. The van der Waals surface area contributed by atoms with Crippen LogP contribution in [0.25, 0.3) is 11.2 Å². The lowest BCUT2D eigenvalue weighted by atomic mass is 10.1. The van der Waals surface area contributed by atoms with Crippen LogP contribution in [0.1, 0.15) is 80.5 Å². The number of benzene rings is 1. The minimum absolute atomic E-state index is 0.00129. The van der Waals surface area contributed by atoms with E-state index in [1.54, 1.807) is 45.3 Å². The van der Waals surface area contributed by atoms with Gasteiger partial charge in [-0.25, -0.2) is 19.7 Å². The Balaban J connectivity index is 1.73. The van der Waals surface area contributed by atoms with Crippen molar-refractivity contribution in [2.75, 3.05) is 11.5 Å². The fraction of sp³-hybridized carbons (Fsp3) is 0.647. The van der Waals surface area contributed by atoms with Crippen LogP contribution >= 0.6 is 0 Å². The van der Waals surface area contributed by atoms with E-state index in [9.17, 15) is 14.9 Å². The number of nitro groups is 1. The summed E-state index contributed by atoms with van der Waals surface area (Å²) in [6.45, 7) is 27.7. The molecule has 3 heterocycles. The number of para-hydroxylation sites is 1. The zero-order valence-electron chi connectivity index (χ0n) is 31.4. The van der Waals surface area contributed by atoms with Gasteiger partial charge in [-0.05, 0) is 57.0 Å². The monoisotopic (exact) mass is 714 g/mol. The minimum atomic E-state index is -2.18. The summed E-state index contributed by atoms with van der Waals surface area (Å²) in [6.07, 6.45) is 1.81. The summed E-state index contributed by atoms with van der Waals surface area (Å²) in [5.41, 5.74) is 0.146. The summed E-state index contributed by atoms with van der Waals surface area (Å²) in [4.78, 5) is 40.0. The lowest BCUT2D eigenvalue weighted by Gasteiger charge is -2.40. The third kappa shape index (κ3) is 8.74. The molecule has 0 N–H and O–H groups in total.